The highest BCUT2D eigenvalue weighted by Gasteiger charge is 2.30. The lowest BCUT2D eigenvalue weighted by Gasteiger charge is -2.10. The fourth-order valence-electron chi connectivity index (χ4n) is 2.24. The van der Waals surface area contributed by atoms with Crippen molar-refractivity contribution in [1.29, 1.82) is 0 Å². The first-order chi connectivity index (χ1) is 10.4. The summed E-state index contributed by atoms with van der Waals surface area (Å²) in [6.07, 6.45) is -3.00. The minimum atomic E-state index is -4.68. The van der Waals surface area contributed by atoms with Gasteiger partial charge < -0.3 is 9.30 Å². The summed E-state index contributed by atoms with van der Waals surface area (Å²) in [7, 11) is 0. The van der Waals surface area contributed by atoms with Crippen molar-refractivity contribution >= 4 is 11.2 Å². The molecular formula is C15H12F3N3O. The Labute approximate surface area is 124 Å². The maximum Gasteiger partial charge on any atom is 0.573 e. The lowest BCUT2D eigenvalue weighted by molar-refractivity contribution is -0.274. The lowest BCUT2D eigenvalue weighted by Crippen LogP contribution is -2.17. The van der Waals surface area contributed by atoms with Crippen LogP contribution in [0.5, 0.6) is 5.75 Å². The molecule has 1 aromatic carbocycles. The van der Waals surface area contributed by atoms with Gasteiger partial charge in [0, 0.05) is 6.20 Å². The number of aromatic nitrogens is 3. The van der Waals surface area contributed by atoms with E-state index < -0.39 is 6.36 Å². The molecule has 0 saturated heterocycles. The summed E-state index contributed by atoms with van der Waals surface area (Å²) in [5.41, 5.74) is 2.37. The number of rotatable bonds is 3. The maximum atomic E-state index is 12.1. The Morgan fingerprint density at radius 3 is 2.55 bits per heavy atom. The van der Waals surface area contributed by atoms with Gasteiger partial charge in [-0.25, -0.2) is 9.97 Å². The molecule has 0 aliphatic rings. The Balaban J connectivity index is 1.85. The Bertz CT molecular complexity index is 794. The van der Waals surface area contributed by atoms with Crippen LogP contribution in [0.25, 0.3) is 11.2 Å². The molecule has 0 atom stereocenters. The summed E-state index contributed by atoms with van der Waals surface area (Å²) in [6, 6.07) is 9.45. The van der Waals surface area contributed by atoms with Crippen LogP contribution in [-0.4, -0.2) is 20.9 Å². The van der Waals surface area contributed by atoms with Gasteiger partial charge in [0.05, 0.1) is 6.54 Å². The average molecular weight is 307 g/mol. The number of halogens is 3. The van der Waals surface area contributed by atoms with Gasteiger partial charge in [-0.2, -0.15) is 0 Å². The second kappa shape index (κ2) is 5.32. The number of hydrogen-bond acceptors (Lipinski definition) is 3. The van der Waals surface area contributed by atoms with E-state index in [0.717, 1.165) is 22.6 Å². The zero-order valence-electron chi connectivity index (χ0n) is 11.6. The monoisotopic (exact) mass is 307 g/mol. The highest BCUT2D eigenvalue weighted by atomic mass is 19.4. The van der Waals surface area contributed by atoms with Crippen molar-refractivity contribution in [1.82, 2.24) is 14.5 Å². The first-order valence-electron chi connectivity index (χ1n) is 6.55. The number of benzene rings is 1. The zero-order valence-corrected chi connectivity index (χ0v) is 11.6. The van der Waals surface area contributed by atoms with E-state index in [-0.39, 0.29) is 5.75 Å². The van der Waals surface area contributed by atoms with E-state index in [2.05, 4.69) is 14.7 Å². The Morgan fingerprint density at radius 1 is 1.14 bits per heavy atom. The number of alkyl halides is 3. The summed E-state index contributed by atoms with van der Waals surface area (Å²) in [5, 5.41) is 0. The predicted octanol–water partition coefficient (Wildman–Crippen LogP) is 3.69. The van der Waals surface area contributed by atoms with E-state index in [9.17, 15) is 13.2 Å². The van der Waals surface area contributed by atoms with E-state index >= 15 is 0 Å². The fraction of sp³-hybridized carbons (Fsp3) is 0.200. The molecular weight excluding hydrogens is 295 g/mol. The van der Waals surface area contributed by atoms with E-state index in [0.29, 0.717) is 6.54 Å². The van der Waals surface area contributed by atoms with Crippen LogP contribution in [-0.2, 0) is 6.54 Å². The number of fused-ring (bicyclic) bond motifs is 1. The van der Waals surface area contributed by atoms with Crippen molar-refractivity contribution in [3.63, 3.8) is 0 Å². The van der Waals surface area contributed by atoms with Gasteiger partial charge in [-0.05, 0) is 36.8 Å². The van der Waals surface area contributed by atoms with Crippen LogP contribution >= 0.6 is 0 Å². The van der Waals surface area contributed by atoms with Crippen molar-refractivity contribution in [3.8, 4) is 5.75 Å². The topological polar surface area (TPSA) is 39.9 Å². The van der Waals surface area contributed by atoms with Crippen molar-refractivity contribution < 1.29 is 17.9 Å². The van der Waals surface area contributed by atoms with Gasteiger partial charge in [0.1, 0.15) is 17.1 Å². The summed E-state index contributed by atoms with van der Waals surface area (Å²) >= 11 is 0. The van der Waals surface area contributed by atoms with Crippen molar-refractivity contribution in [2.45, 2.75) is 19.8 Å². The number of nitrogens with zero attached hydrogens (tertiary/aromatic N) is 3. The molecule has 0 N–H and O–H groups in total. The molecule has 0 bridgehead atoms. The van der Waals surface area contributed by atoms with Crippen LogP contribution in [0, 0.1) is 6.92 Å². The third-order valence-corrected chi connectivity index (χ3v) is 3.19. The van der Waals surface area contributed by atoms with Gasteiger partial charge >= 0.3 is 6.36 Å². The van der Waals surface area contributed by atoms with Gasteiger partial charge in [-0.15, -0.1) is 13.2 Å². The molecule has 0 aliphatic carbocycles. The molecule has 3 aromatic rings. The lowest BCUT2D eigenvalue weighted by atomic mass is 10.2. The number of imidazole rings is 1. The fourth-order valence-corrected chi connectivity index (χ4v) is 2.24. The van der Waals surface area contributed by atoms with Crippen molar-refractivity contribution in [2.24, 2.45) is 0 Å². The van der Waals surface area contributed by atoms with Crippen LogP contribution in [0.4, 0.5) is 13.2 Å². The molecule has 0 spiro atoms. The molecule has 4 nitrogen and oxygen atoms in total. The second-order valence-corrected chi connectivity index (χ2v) is 4.78. The van der Waals surface area contributed by atoms with Crippen LogP contribution < -0.4 is 4.74 Å². The summed E-state index contributed by atoms with van der Waals surface area (Å²) in [4.78, 5) is 8.69. The zero-order chi connectivity index (χ0) is 15.7. The predicted molar refractivity (Wildman–Crippen MR) is 74.5 cm³/mol. The molecule has 22 heavy (non-hydrogen) atoms. The molecule has 0 saturated carbocycles. The molecule has 0 amide bonds. The first kappa shape index (κ1) is 14.4. The Morgan fingerprint density at radius 2 is 1.86 bits per heavy atom. The normalized spacial score (nSPS) is 11.8. The van der Waals surface area contributed by atoms with Crippen LogP contribution in [0.1, 0.15) is 11.4 Å². The smallest absolute Gasteiger partial charge is 0.406 e. The third-order valence-electron chi connectivity index (χ3n) is 3.19. The summed E-state index contributed by atoms with van der Waals surface area (Å²) in [6.45, 7) is 2.34. The third kappa shape index (κ3) is 3.03. The quantitative estimate of drug-likeness (QED) is 0.741. The number of pyridine rings is 1. The van der Waals surface area contributed by atoms with Crippen molar-refractivity contribution in [3.05, 3.63) is 54.0 Å². The number of ether oxygens (including phenoxy) is 1. The van der Waals surface area contributed by atoms with E-state index in [1.165, 1.54) is 12.1 Å². The molecule has 114 valence electrons. The number of aryl methyl sites for hydroxylation is 1. The van der Waals surface area contributed by atoms with Gasteiger partial charge in [0.2, 0.25) is 0 Å². The standard InChI is InChI=1S/C15H12F3N3O/c1-10-20-13-3-2-8-19-14(13)21(10)9-11-4-6-12(7-5-11)22-15(16,17)18/h2-8H,9H2,1H3. The molecule has 0 unspecified atom stereocenters. The Hall–Kier alpha value is -2.57. The van der Waals surface area contributed by atoms with Crippen molar-refractivity contribution in [2.75, 3.05) is 0 Å². The van der Waals surface area contributed by atoms with E-state index in [1.807, 2.05) is 23.6 Å². The molecule has 0 fully saturated rings. The van der Waals surface area contributed by atoms with E-state index in [1.54, 1.807) is 18.3 Å². The van der Waals surface area contributed by atoms with Gasteiger partial charge in [-0.1, -0.05) is 12.1 Å². The van der Waals surface area contributed by atoms with Gasteiger partial charge in [-0.3, -0.25) is 0 Å². The van der Waals surface area contributed by atoms with E-state index in [4.69, 9.17) is 0 Å². The highest BCUT2D eigenvalue weighted by molar-refractivity contribution is 5.71. The van der Waals surface area contributed by atoms with Gasteiger partial charge in [0.25, 0.3) is 0 Å². The largest absolute Gasteiger partial charge is 0.573 e. The Kier molecular flexibility index (Phi) is 3.48. The van der Waals surface area contributed by atoms with Gasteiger partial charge in [0.15, 0.2) is 5.65 Å². The maximum absolute atomic E-state index is 12.1. The molecule has 0 radical (unpaired) electrons. The van der Waals surface area contributed by atoms with Crippen LogP contribution in [0.2, 0.25) is 0 Å². The summed E-state index contributed by atoms with van der Waals surface area (Å²) < 4.78 is 42.2. The SMILES string of the molecule is Cc1nc2cccnc2n1Cc1ccc(OC(F)(F)F)cc1. The second-order valence-electron chi connectivity index (χ2n) is 4.78. The molecule has 7 heteroatoms. The highest BCUT2D eigenvalue weighted by Crippen LogP contribution is 2.23. The van der Waals surface area contributed by atoms with Crippen LogP contribution in [0.15, 0.2) is 42.6 Å². The summed E-state index contributed by atoms with van der Waals surface area (Å²) in [5.74, 6) is 0.561. The average Bonchev–Trinajstić information content (AvgIpc) is 2.76. The minimum Gasteiger partial charge on any atom is -0.406 e. The number of hydrogen-bond donors (Lipinski definition) is 0. The molecule has 2 aromatic heterocycles. The molecule has 2 heterocycles. The molecule has 0 aliphatic heterocycles. The minimum absolute atomic E-state index is 0.235. The van der Waals surface area contributed by atoms with Crippen LogP contribution in [0.3, 0.4) is 0 Å². The first-order valence-corrected chi connectivity index (χ1v) is 6.55. The molecule has 3 rings (SSSR count).